The van der Waals surface area contributed by atoms with Crippen molar-refractivity contribution < 1.29 is 9.47 Å². The Morgan fingerprint density at radius 1 is 0.947 bits per heavy atom. The zero-order chi connectivity index (χ0) is 13.8. The van der Waals surface area contributed by atoms with Gasteiger partial charge in [-0.05, 0) is 36.8 Å². The maximum Gasteiger partial charge on any atom is 0.142 e. The fourth-order valence-corrected chi connectivity index (χ4v) is 1.83. The van der Waals surface area contributed by atoms with Crippen LogP contribution in [0.15, 0.2) is 36.4 Å². The highest BCUT2D eigenvalue weighted by Crippen LogP contribution is 2.32. The van der Waals surface area contributed by atoms with Crippen LogP contribution < -0.4 is 20.5 Å². The number of aryl methyl sites for hydroxylation is 1. The van der Waals surface area contributed by atoms with Gasteiger partial charge in [0.2, 0.25) is 0 Å². The molecule has 2 aromatic rings. The van der Waals surface area contributed by atoms with Crippen molar-refractivity contribution in [3.8, 4) is 11.5 Å². The predicted octanol–water partition coefficient (Wildman–Crippen LogP) is 3.34. The number of ether oxygens (including phenoxy) is 2. The lowest BCUT2D eigenvalue weighted by Gasteiger charge is -2.14. The van der Waals surface area contributed by atoms with Crippen molar-refractivity contribution in [3.05, 3.63) is 42.0 Å². The summed E-state index contributed by atoms with van der Waals surface area (Å²) in [5.74, 6) is 1.52. The summed E-state index contributed by atoms with van der Waals surface area (Å²) in [5.41, 5.74) is 9.43. The predicted molar refractivity (Wildman–Crippen MR) is 78.4 cm³/mol. The Labute approximate surface area is 113 Å². The van der Waals surface area contributed by atoms with E-state index in [1.54, 1.807) is 14.2 Å². The van der Waals surface area contributed by atoms with Crippen LogP contribution in [0.5, 0.6) is 11.5 Å². The second-order valence-electron chi connectivity index (χ2n) is 4.27. The monoisotopic (exact) mass is 258 g/mol. The highest BCUT2D eigenvalue weighted by Gasteiger charge is 2.07. The molecular weight excluding hydrogens is 240 g/mol. The summed E-state index contributed by atoms with van der Waals surface area (Å²) in [6.45, 7) is 2.02. The Morgan fingerprint density at radius 2 is 1.74 bits per heavy atom. The van der Waals surface area contributed by atoms with Gasteiger partial charge in [0.25, 0.3) is 0 Å². The lowest BCUT2D eigenvalue weighted by Crippen LogP contribution is -1.98. The van der Waals surface area contributed by atoms with Crippen molar-refractivity contribution in [1.82, 2.24) is 0 Å². The number of benzene rings is 2. The van der Waals surface area contributed by atoms with Crippen LogP contribution >= 0.6 is 0 Å². The van der Waals surface area contributed by atoms with Gasteiger partial charge in [0.05, 0.1) is 19.9 Å². The number of nitrogen functional groups attached to an aromatic ring is 1. The first-order chi connectivity index (χ1) is 9.13. The van der Waals surface area contributed by atoms with E-state index in [2.05, 4.69) is 5.32 Å². The summed E-state index contributed by atoms with van der Waals surface area (Å²) in [7, 11) is 3.27. The summed E-state index contributed by atoms with van der Waals surface area (Å²) >= 11 is 0. The standard InChI is InChI=1S/C15H18N2O2/c1-10-4-5-11(16)8-13(10)17-14-9-12(18-2)6-7-15(14)19-3/h4-9,17H,16H2,1-3H3. The van der Waals surface area contributed by atoms with E-state index in [9.17, 15) is 0 Å². The molecule has 0 aliphatic heterocycles. The molecule has 0 radical (unpaired) electrons. The molecule has 2 aromatic carbocycles. The van der Waals surface area contributed by atoms with E-state index >= 15 is 0 Å². The fraction of sp³-hybridized carbons (Fsp3) is 0.200. The summed E-state index contributed by atoms with van der Waals surface area (Å²) in [5, 5.41) is 3.32. The van der Waals surface area contributed by atoms with Gasteiger partial charge in [0.1, 0.15) is 11.5 Å². The average Bonchev–Trinajstić information content (AvgIpc) is 2.42. The van der Waals surface area contributed by atoms with Gasteiger partial charge >= 0.3 is 0 Å². The second kappa shape index (κ2) is 5.52. The Hall–Kier alpha value is -2.36. The summed E-state index contributed by atoms with van der Waals surface area (Å²) < 4.78 is 10.6. The van der Waals surface area contributed by atoms with Gasteiger partial charge in [0.15, 0.2) is 0 Å². The second-order valence-corrected chi connectivity index (χ2v) is 4.27. The third kappa shape index (κ3) is 2.91. The van der Waals surface area contributed by atoms with Crippen molar-refractivity contribution in [3.63, 3.8) is 0 Å². The molecule has 4 heteroatoms. The molecule has 100 valence electrons. The first-order valence-corrected chi connectivity index (χ1v) is 5.99. The van der Waals surface area contributed by atoms with Crippen LogP contribution in [0.25, 0.3) is 0 Å². The molecule has 0 aliphatic rings. The number of anilines is 3. The maximum atomic E-state index is 5.81. The Kier molecular flexibility index (Phi) is 3.80. The molecular formula is C15H18N2O2. The highest BCUT2D eigenvalue weighted by atomic mass is 16.5. The average molecular weight is 258 g/mol. The van der Waals surface area contributed by atoms with Crippen LogP contribution in [0.3, 0.4) is 0 Å². The van der Waals surface area contributed by atoms with Gasteiger partial charge in [-0.25, -0.2) is 0 Å². The maximum absolute atomic E-state index is 5.81. The van der Waals surface area contributed by atoms with E-state index in [1.165, 1.54) is 0 Å². The van der Waals surface area contributed by atoms with Crippen molar-refractivity contribution >= 4 is 17.1 Å². The van der Waals surface area contributed by atoms with Gasteiger partial charge in [0, 0.05) is 17.4 Å². The van der Waals surface area contributed by atoms with E-state index < -0.39 is 0 Å². The molecule has 0 unspecified atom stereocenters. The molecule has 0 saturated heterocycles. The minimum Gasteiger partial charge on any atom is -0.497 e. The Morgan fingerprint density at radius 3 is 2.42 bits per heavy atom. The van der Waals surface area contributed by atoms with Gasteiger partial charge in [-0.15, -0.1) is 0 Å². The molecule has 0 bridgehead atoms. The van der Waals surface area contributed by atoms with Crippen LogP contribution in [0.4, 0.5) is 17.1 Å². The van der Waals surface area contributed by atoms with Gasteiger partial charge < -0.3 is 20.5 Å². The molecule has 3 N–H and O–H groups in total. The van der Waals surface area contributed by atoms with E-state index in [0.717, 1.165) is 34.1 Å². The lowest BCUT2D eigenvalue weighted by atomic mass is 10.1. The number of nitrogens with two attached hydrogens (primary N) is 1. The number of methoxy groups -OCH3 is 2. The largest absolute Gasteiger partial charge is 0.497 e. The van der Waals surface area contributed by atoms with Gasteiger partial charge in [-0.2, -0.15) is 0 Å². The Balaban J connectivity index is 2.38. The SMILES string of the molecule is COc1ccc(OC)c(Nc2cc(N)ccc2C)c1. The number of hydrogen-bond acceptors (Lipinski definition) is 4. The van der Waals surface area contributed by atoms with Crippen LogP contribution in [-0.2, 0) is 0 Å². The molecule has 19 heavy (non-hydrogen) atoms. The first kappa shape index (κ1) is 13.1. The van der Waals surface area contributed by atoms with Crippen LogP contribution in [0.2, 0.25) is 0 Å². The summed E-state index contributed by atoms with van der Waals surface area (Å²) in [6.07, 6.45) is 0. The molecule has 0 amide bonds. The normalized spacial score (nSPS) is 10.1. The van der Waals surface area contributed by atoms with E-state index in [1.807, 2.05) is 43.3 Å². The quantitative estimate of drug-likeness (QED) is 0.826. The van der Waals surface area contributed by atoms with E-state index in [-0.39, 0.29) is 0 Å². The number of nitrogens with one attached hydrogen (secondary N) is 1. The number of hydrogen-bond donors (Lipinski definition) is 2. The molecule has 0 spiro atoms. The molecule has 0 heterocycles. The third-order valence-corrected chi connectivity index (χ3v) is 2.94. The molecule has 2 rings (SSSR count). The lowest BCUT2D eigenvalue weighted by molar-refractivity contribution is 0.405. The van der Waals surface area contributed by atoms with Gasteiger partial charge in [-0.3, -0.25) is 0 Å². The van der Waals surface area contributed by atoms with Crippen LogP contribution in [0, 0.1) is 6.92 Å². The first-order valence-electron chi connectivity index (χ1n) is 5.99. The molecule has 0 aromatic heterocycles. The van der Waals surface area contributed by atoms with E-state index in [4.69, 9.17) is 15.2 Å². The summed E-state index contributed by atoms with van der Waals surface area (Å²) in [4.78, 5) is 0. The minimum atomic E-state index is 0.718. The van der Waals surface area contributed by atoms with Crippen LogP contribution in [-0.4, -0.2) is 14.2 Å². The third-order valence-electron chi connectivity index (χ3n) is 2.94. The van der Waals surface area contributed by atoms with Crippen molar-refractivity contribution in [2.24, 2.45) is 0 Å². The van der Waals surface area contributed by atoms with E-state index in [0.29, 0.717) is 0 Å². The fourth-order valence-electron chi connectivity index (χ4n) is 1.83. The van der Waals surface area contributed by atoms with Crippen molar-refractivity contribution in [1.29, 1.82) is 0 Å². The molecule has 0 atom stereocenters. The smallest absolute Gasteiger partial charge is 0.142 e. The number of rotatable bonds is 4. The van der Waals surface area contributed by atoms with Gasteiger partial charge in [-0.1, -0.05) is 6.07 Å². The Bertz CT molecular complexity index is 582. The van der Waals surface area contributed by atoms with Crippen LogP contribution in [0.1, 0.15) is 5.56 Å². The van der Waals surface area contributed by atoms with Crippen molar-refractivity contribution in [2.75, 3.05) is 25.3 Å². The summed E-state index contributed by atoms with van der Waals surface area (Å²) in [6, 6.07) is 11.4. The minimum absolute atomic E-state index is 0.718. The zero-order valence-electron chi connectivity index (χ0n) is 11.4. The molecule has 0 saturated carbocycles. The highest BCUT2D eigenvalue weighted by molar-refractivity contribution is 5.72. The topological polar surface area (TPSA) is 56.5 Å². The molecule has 0 aliphatic carbocycles. The molecule has 4 nitrogen and oxygen atoms in total. The van der Waals surface area contributed by atoms with Crippen molar-refractivity contribution in [2.45, 2.75) is 6.92 Å². The zero-order valence-corrected chi connectivity index (χ0v) is 11.4. The molecule has 0 fully saturated rings.